The van der Waals surface area contributed by atoms with Crippen molar-refractivity contribution in [1.82, 2.24) is 0 Å². The molecule has 8 heteroatoms. The molecule has 3 heterocycles. The predicted octanol–water partition coefficient (Wildman–Crippen LogP) is 18.6. The molecule has 0 N–H and O–H groups in total. The molecule has 6 aromatic rings. The first-order valence-electron chi connectivity index (χ1n) is 28.6. The zero-order chi connectivity index (χ0) is 49.0. The van der Waals surface area contributed by atoms with Gasteiger partial charge in [0, 0.05) is 41.2 Å². The van der Waals surface area contributed by atoms with Crippen LogP contribution in [0.2, 0.25) is 0 Å². The molecule has 3 aliphatic heterocycles. The quantitative estimate of drug-likeness (QED) is 0.0809. The molecule has 424 valence electrons. The normalized spacial score (nSPS) is 23.1. The molecule has 0 unspecified atom stereocenters. The number of hydrogen-bond donors (Lipinski definition) is 0. The van der Waals surface area contributed by atoms with E-state index in [2.05, 4.69) is 195 Å². The summed E-state index contributed by atoms with van der Waals surface area (Å²) in [5, 5.41) is 0. The minimum Gasteiger partial charge on any atom is -0.358 e. The second-order valence-corrected chi connectivity index (χ2v) is 30.4. The summed E-state index contributed by atoms with van der Waals surface area (Å²) < 4.78 is 0. The third kappa shape index (κ3) is 22.1. The summed E-state index contributed by atoms with van der Waals surface area (Å²) in [4.78, 5) is 0. The maximum atomic E-state index is 6.78. The van der Waals surface area contributed by atoms with Crippen LogP contribution in [0.15, 0.2) is 182 Å². The van der Waals surface area contributed by atoms with Crippen molar-refractivity contribution in [2.75, 3.05) is 0 Å². The van der Waals surface area contributed by atoms with Gasteiger partial charge < -0.3 is 42.5 Å². The molecule has 0 amide bonds. The second kappa shape index (κ2) is 42.9. The van der Waals surface area contributed by atoms with Crippen molar-refractivity contribution < 1.29 is 71.9 Å². The molecule has 3 saturated heterocycles. The Bertz CT molecular complexity index is 2090. The van der Waals surface area contributed by atoms with Crippen molar-refractivity contribution >= 4 is 34.4 Å². The molecule has 7 fully saturated rings. The van der Waals surface area contributed by atoms with Crippen LogP contribution in [-0.2, 0) is 34.1 Å². The molecular weight excluding hydrogens is 1120 g/mol. The van der Waals surface area contributed by atoms with Crippen molar-refractivity contribution in [2.45, 2.75) is 187 Å². The monoisotopic (exact) mass is 1210 g/mol. The molecule has 6 aromatic carbocycles. The fraction of sp³-hybridized carbons (Fsp3) is 0.417. The minimum absolute atomic E-state index is 0. The van der Waals surface area contributed by atoms with E-state index in [4.69, 9.17) is 11.2 Å². The summed E-state index contributed by atoms with van der Waals surface area (Å²) in [7, 11) is -0.324. The molecule has 6 atom stereocenters. The van der Waals surface area contributed by atoms with E-state index in [0.717, 1.165) is 34.0 Å². The third-order valence-corrected chi connectivity index (χ3v) is 28.4. The molecule has 80 heavy (non-hydrogen) atoms. The molecule has 4 aliphatic carbocycles. The van der Waals surface area contributed by atoms with E-state index in [0.29, 0.717) is 11.3 Å². The molecule has 4 saturated carbocycles. The van der Waals surface area contributed by atoms with Crippen molar-refractivity contribution in [3.05, 3.63) is 258 Å². The standard InChI is InChI=1S/2C21H25P.C16H16ClP.2C5H9.4CH3.2Fe.2Li/c2*1-3-9-17(10-4-1)20-15-16-21(18-11-5-2-6-12-18)22(20)19-13-7-8-14-19;17-18-15(13-7-3-1-4-8-13)11-12-16(18)14-9-5-2-6-10-14;2*1-2-4-5-3-1;;;;;;;;/h2*1-6,9-12,19-21H,7-8,13-16H2;1-10,15-16H,11-12H2;2*1H,2-5H2;4*1H3;;;;/q;;;6*-1;2*+2;2*+1/t2*20-,21-;15-,16-;;;;;;;;;;/m000........../s1. The SMILES string of the molecule is ClP1[C@H](c2ccccc2)CC[C@H]1c1ccccc1.[CH-]1CCCC1.[CH-]1CCCC1.[CH3-].[CH3-].[CH3-].[CH3-].[Fe+2].[Fe+2].[Li+].[Li+].c1ccc([C@@H]2CC[C@@H](c3ccccc3)P2C2CCCC2)cc1.c1ccc([C@@H]2CC[C@@H](c3ccccc3)P2C2CCCC2)cc1. The fourth-order valence-electron chi connectivity index (χ4n) is 13.3. The molecule has 0 radical (unpaired) electrons. The Morgan fingerprint density at radius 2 is 0.463 bits per heavy atom. The van der Waals surface area contributed by atoms with E-state index in [9.17, 15) is 0 Å². The van der Waals surface area contributed by atoms with Crippen LogP contribution in [0.5, 0.6) is 0 Å². The smallest absolute Gasteiger partial charge is 0.358 e. The van der Waals surface area contributed by atoms with Crippen LogP contribution in [-0.4, -0.2) is 11.3 Å². The Balaban J connectivity index is 0.000000527. The number of halogens is 1. The van der Waals surface area contributed by atoms with Crippen molar-refractivity contribution in [3.63, 3.8) is 0 Å². The summed E-state index contributed by atoms with van der Waals surface area (Å²) in [6.45, 7) is 0. The van der Waals surface area contributed by atoms with Crippen molar-refractivity contribution in [2.24, 2.45) is 0 Å². The first kappa shape index (κ1) is 77.1. The second-order valence-electron chi connectivity index (χ2n) is 21.6. The van der Waals surface area contributed by atoms with Gasteiger partial charge in [0.2, 0.25) is 0 Å². The fourth-order valence-corrected chi connectivity index (χ4v) is 25.4. The Morgan fingerprint density at radius 3 is 0.650 bits per heavy atom. The molecule has 7 aliphatic rings. The summed E-state index contributed by atoms with van der Waals surface area (Å²) in [6, 6.07) is 67.0. The first-order chi connectivity index (χ1) is 35.7. The zero-order valence-corrected chi connectivity index (χ0v) is 55.7. The largest absolute Gasteiger partial charge is 2.00 e. The van der Waals surface area contributed by atoms with Gasteiger partial charge in [-0.05, 0) is 109 Å². The van der Waals surface area contributed by atoms with Crippen LogP contribution in [0, 0.1) is 42.5 Å². The van der Waals surface area contributed by atoms with E-state index in [1.807, 2.05) is 0 Å². The number of hydrogen-bond acceptors (Lipinski definition) is 0. The van der Waals surface area contributed by atoms with E-state index in [-0.39, 0.29) is 117 Å². The molecule has 0 nitrogen and oxygen atoms in total. The van der Waals surface area contributed by atoms with Gasteiger partial charge in [0.05, 0.1) is 0 Å². The summed E-state index contributed by atoms with van der Waals surface area (Å²) >= 11 is 6.78. The average molecular weight is 1220 g/mol. The molecular formula is C72H96ClFe2Li2P3. The van der Waals surface area contributed by atoms with Crippen LogP contribution in [0.4, 0.5) is 0 Å². The first-order valence-corrected chi connectivity index (χ1v) is 34.1. The van der Waals surface area contributed by atoms with E-state index in [1.165, 1.54) is 152 Å². The van der Waals surface area contributed by atoms with Gasteiger partial charge in [0.25, 0.3) is 0 Å². The Kier molecular flexibility index (Phi) is 41.3. The average Bonchev–Trinajstić information content (AvgIpc) is 4.31. The maximum absolute atomic E-state index is 6.78. The van der Waals surface area contributed by atoms with Crippen LogP contribution in [0.3, 0.4) is 0 Å². The maximum Gasteiger partial charge on any atom is 2.00 e. The van der Waals surface area contributed by atoms with Gasteiger partial charge in [-0.3, -0.25) is 0 Å². The van der Waals surface area contributed by atoms with Gasteiger partial charge >= 0.3 is 71.9 Å². The van der Waals surface area contributed by atoms with E-state index >= 15 is 0 Å². The Labute approximate surface area is 545 Å². The minimum atomic E-state index is -0.472. The van der Waals surface area contributed by atoms with Gasteiger partial charge in [0.15, 0.2) is 0 Å². The van der Waals surface area contributed by atoms with Crippen LogP contribution in [0.1, 0.15) is 209 Å². The van der Waals surface area contributed by atoms with Gasteiger partial charge in [-0.2, -0.15) is 25.7 Å². The third-order valence-electron chi connectivity index (χ3n) is 16.9. The van der Waals surface area contributed by atoms with Gasteiger partial charge in [-0.25, -0.2) is 0 Å². The van der Waals surface area contributed by atoms with Crippen LogP contribution in [0.25, 0.3) is 0 Å². The summed E-state index contributed by atoms with van der Waals surface area (Å²) in [5.74, 6) is 0. The van der Waals surface area contributed by atoms with Crippen molar-refractivity contribution in [3.8, 4) is 0 Å². The molecule has 13 rings (SSSR count). The van der Waals surface area contributed by atoms with Crippen molar-refractivity contribution in [1.29, 1.82) is 0 Å². The zero-order valence-electron chi connectivity index (χ0n) is 50.1. The van der Waals surface area contributed by atoms with E-state index < -0.39 is 7.27 Å². The predicted molar refractivity (Wildman–Crippen MR) is 345 cm³/mol. The number of rotatable bonds is 8. The molecule has 0 aromatic heterocycles. The van der Waals surface area contributed by atoms with Crippen LogP contribution < -0.4 is 37.7 Å². The van der Waals surface area contributed by atoms with Gasteiger partial charge in [-0.15, -0.1) is 0 Å². The summed E-state index contributed by atoms with van der Waals surface area (Å²) in [6.07, 6.45) is 35.8. The molecule has 0 spiro atoms. The topological polar surface area (TPSA) is 0 Å². The van der Waals surface area contributed by atoms with E-state index in [1.54, 1.807) is 22.3 Å². The Hall–Kier alpha value is -0.866. The number of benzene rings is 6. The van der Waals surface area contributed by atoms with Gasteiger partial charge in [-0.1, -0.05) is 260 Å². The van der Waals surface area contributed by atoms with Gasteiger partial charge in [0.1, 0.15) is 0 Å². The molecule has 0 bridgehead atoms. The van der Waals surface area contributed by atoms with Crippen LogP contribution >= 0.6 is 34.4 Å². The Morgan fingerprint density at radius 1 is 0.275 bits per heavy atom. The summed E-state index contributed by atoms with van der Waals surface area (Å²) in [5.41, 5.74) is 15.8.